The standard InChI is InChI=1S/C19H23ClN2O2/c1-14-3-9-17(10-4-14)24-19(2,11-12-21)18(23)22-13-15-5-7-16(20)8-6-15/h3-10H,11-13,21H2,1-2H3,(H,22,23). The maximum atomic E-state index is 12.6. The highest BCUT2D eigenvalue weighted by molar-refractivity contribution is 6.30. The molecule has 0 aliphatic rings. The van der Waals surface area contributed by atoms with E-state index in [2.05, 4.69) is 5.32 Å². The zero-order valence-electron chi connectivity index (χ0n) is 14.0. The summed E-state index contributed by atoms with van der Waals surface area (Å²) in [6, 6.07) is 15.0. The number of halogens is 1. The van der Waals surface area contributed by atoms with E-state index in [1.165, 1.54) is 0 Å². The Morgan fingerprint density at radius 3 is 2.38 bits per heavy atom. The fraction of sp³-hybridized carbons (Fsp3) is 0.316. The summed E-state index contributed by atoms with van der Waals surface area (Å²) in [5, 5.41) is 3.58. The Morgan fingerprint density at radius 1 is 1.17 bits per heavy atom. The summed E-state index contributed by atoms with van der Waals surface area (Å²) in [4.78, 5) is 12.6. The molecule has 0 aliphatic carbocycles. The van der Waals surface area contributed by atoms with E-state index in [-0.39, 0.29) is 5.91 Å². The number of nitrogens with one attached hydrogen (secondary N) is 1. The van der Waals surface area contributed by atoms with Gasteiger partial charge in [0.05, 0.1) is 0 Å². The lowest BCUT2D eigenvalue weighted by Crippen LogP contribution is -2.49. The zero-order valence-corrected chi connectivity index (χ0v) is 14.8. The topological polar surface area (TPSA) is 64.3 Å². The highest BCUT2D eigenvalue weighted by Gasteiger charge is 2.34. The van der Waals surface area contributed by atoms with Gasteiger partial charge in [0.15, 0.2) is 5.60 Å². The first-order valence-corrected chi connectivity index (χ1v) is 8.29. The monoisotopic (exact) mass is 346 g/mol. The van der Waals surface area contributed by atoms with Crippen LogP contribution in [0.3, 0.4) is 0 Å². The number of nitrogens with two attached hydrogens (primary N) is 1. The van der Waals surface area contributed by atoms with Gasteiger partial charge in [0, 0.05) is 18.0 Å². The quantitative estimate of drug-likeness (QED) is 0.807. The number of ether oxygens (including phenoxy) is 1. The van der Waals surface area contributed by atoms with Crippen molar-refractivity contribution in [2.24, 2.45) is 5.73 Å². The molecule has 0 fully saturated rings. The number of hydrogen-bond donors (Lipinski definition) is 2. The molecule has 24 heavy (non-hydrogen) atoms. The van der Waals surface area contributed by atoms with Crippen molar-refractivity contribution in [2.75, 3.05) is 6.54 Å². The first kappa shape index (κ1) is 18.3. The number of carbonyl (C=O) groups is 1. The third-order valence-electron chi connectivity index (χ3n) is 3.83. The third-order valence-corrected chi connectivity index (χ3v) is 4.08. The van der Waals surface area contributed by atoms with E-state index >= 15 is 0 Å². The summed E-state index contributed by atoms with van der Waals surface area (Å²) in [5.74, 6) is 0.460. The Morgan fingerprint density at radius 2 is 1.79 bits per heavy atom. The Bertz CT molecular complexity index is 671. The van der Waals surface area contributed by atoms with Crippen LogP contribution in [-0.2, 0) is 11.3 Å². The van der Waals surface area contributed by atoms with E-state index in [0.29, 0.717) is 30.3 Å². The molecule has 0 heterocycles. The molecule has 0 saturated carbocycles. The van der Waals surface area contributed by atoms with E-state index in [9.17, 15) is 4.79 Å². The van der Waals surface area contributed by atoms with Gasteiger partial charge in [0.2, 0.25) is 0 Å². The van der Waals surface area contributed by atoms with Crippen molar-refractivity contribution >= 4 is 17.5 Å². The largest absolute Gasteiger partial charge is 0.478 e. The minimum Gasteiger partial charge on any atom is -0.478 e. The van der Waals surface area contributed by atoms with Gasteiger partial charge in [-0.2, -0.15) is 0 Å². The fourth-order valence-corrected chi connectivity index (χ4v) is 2.45. The maximum absolute atomic E-state index is 12.6. The van der Waals surface area contributed by atoms with Crippen molar-refractivity contribution < 1.29 is 9.53 Å². The predicted octanol–water partition coefficient (Wildman–Crippen LogP) is 3.45. The molecule has 0 spiro atoms. The van der Waals surface area contributed by atoms with Crippen LogP contribution in [0, 0.1) is 6.92 Å². The van der Waals surface area contributed by atoms with Crippen LogP contribution in [0.2, 0.25) is 5.02 Å². The fourth-order valence-electron chi connectivity index (χ4n) is 2.32. The van der Waals surface area contributed by atoms with Gasteiger partial charge in [-0.25, -0.2) is 0 Å². The van der Waals surface area contributed by atoms with Crippen molar-refractivity contribution in [3.05, 3.63) is 64.7 Å². The molecule has 1 atom stereocenters. The lowest BCUT2D eigenvalue weighted by molar-refractivity contribution is -0.136. The van der Waals surface area contributed by atoms with Crippen LogP contribution in [0.5, 0.6) is 5.75 Å². The predicted molar refractivity (Wildman–Crippen MR) is 97.2 cm³/mol. The lowest BCUT2D eigenvalue weighted by Gasteiger charge is -2.29. The van der Waals surface area contributed by atoms with Crippen molar-refractivity contribution in [1.29, 1.82) is 0 Å². The van der Waals surface area contributed by atoms with Gasteiger partial charge in [-0.05, 0) is 50.2 Å². The van der Waals surface area contributed by atoms with Crippen molar-refractivity contribution in [3.8, 4) is 5.75 Å². The van der Waals surface area contributed by atoms with Crippen LogP contribution in [0.15, 0.2) is 48.5 Å². The minimum absolute atomic E-state index is 0.191. The number of benzene rings is 2. The summed E-state index contributed by atoms with van der Waals surface area (Å²) in [5.41, 5.74) is 6.77. The normalized spacial score (nSPS) is 13.2. The smallest absolute Gasteiger partial charge is 0.264 e. The first-order valence-electron chi connectivity index (χ1n) is 7.91. The SMILES string of the molecule is Cc1ccc(OC(C)(CCN)C(=O)NCc2ccc(Cl)cc2)cc1. The Balaban J connectivity index is 2.05. The molecular formula is C19H23ClN2O2. The molecule has 0 radical (unpaired) electrons. The van der Waals surface area contributed by atoms with Gasteiger partial charge in [0.1, 0.15) is 5.75 Å². The molecule has 2 aromatic rings. The van der Waals surface area contributed by atoms with Gasteiger partial charge < -0.3 is 15.8 Å². The van der Waals surface area contributed by atoms with E-state index < -0.39 is 5.60 Å². The molecule has 128 valence electrons. The van der Waals surface area contributed by atoms with Crippen LogP contribution in [0.1, 0.15) is 24.5 Å². The Labute approximate surface area is 148 Å². The molecule has 5 heteroatoms. The van der Waals surface area contributed by atoms with Gasteiger partial charge >= 0.3 is 0 Å². The van der Waals surface area contributed by atoms with Crippen molar-refractivity contribution in [3.63, 3.8) is 0 Å². The summed E-state index contributed by atoms with van der Waals surface area (Å²) >= 11 is 5.87. The summed E-state index contributed by atoms with van der Waals surface area (Å²) in [6.45, 7) is 4.53. The molecule has 0 aromatic heterocycles. The van der Waals surface area contributed by atoms with E-state index in [4.69, 9.17) is 22.1 Å². The number of aryl methyl sites for hydroxylation is 1. The molecule has 0 saturated heterocycles. The minimum atomic E-state index is -1.02. The highest BCUT2D eigenvalue weighted by Crippen LogP contribution is 2.22. The van der Waals surface area contributed by atoms with Gasteiger partial charge in [0.25, 0.3) is 5.91 Å². The van der Waals surface area contributed by atoms with Crippen LogP contribution in [-0.4, -0.2) is 18.1 Å². The van der Waals surface area contributed by atoms with Crippen LogP contribution >= 0.6 is 11.6 Å². The van der Waals surface area contributed by atoms with E-state index in [0.717, 1.165) is 11.1 Å². The second-order valence-corrected chi connectivity index (χ2v) is 6.43. The van der Waals surface area contributed by atoms with Crippen molar-refractivity contribution in [1.82, 2.24) is 5.32 Å². The van der Waals surface area contributed by atoms with Gasteiger partial charge in [-0.15, -0.1) is 0 Å². The maximum Gasteiger partial charge on any atom is 0.264 e. The average Bonchev–Trinajstić information content (AvgIpc) is 2.56. The number of amides is 1. The number of hydrogen-bond acceptors (Lipinski definition) is 3. The summed E-state index contributed by atoms with van der Waals surface area (Å²) in [7, 11) is 0. The highest BCUT2D eigenvalue weighted by atomic mass is 35.5. The van der Waals surface area contributed by atoms with E-state index in [1.807, 2.05) is 43.3 Å². The Hall–Kier alpha value is -2.04. The van der Waals surface area contributed by atoms with Crippen molar-refractivity contribution in [2.45, 2.75) is 32.4 Å². The van der Waals surface area contributed by atoms with E-state index in [1.54, 1.807) is 19.1 Å². The molecule has 2 aromatic carbocycles. The van der Waals surface area contributed by atoms with Crippen LogP contribution in [0.25, 0.3) is 0 Å². The van der Waals surface area contributed by atoms with Gasteiger partial charge in [-0.1, -0.05) is 41.4 Å². The first-order chi connectivity index (χ1) is 11.4. The lowest BCUT2D eigenvalue weighted by atomic mass is 10.0. The van der Waals surface area contributed by atoms with Crippen LogP contribution < -0.4 is 15.8 Å². The van der Waals surface area contributed by atoms with Crippen LogP contribution in [0.4, 0.5) is 0 Å². The molecule has 2 rings (SSSR count). The number of carbonyl (C=O) groups excluding carboxylic acids is 1. The molecular weight excluding hydrogens is 324 g/mol. The molecule has 0 bridgehead atoms. The van der Waals surface area contributed by atoms with Gasteiger partial charge in [-0.3, -0.25) is 4.79 Å². The second-order valence-electron chi connectivity index (χ2n) is 5.99. The second kappa shape index (κ2) is 8.18. The molecule has 1 amide bonds. The Kier molecular flexibility index (Phi) is 6.23. The number of rotatable bonds is 7. The molecule has 1 unspecified atom stereocenters. The molecule has 3 N–H and O–H groups in total. The average molecular weight is 347 g/mol. The summed E-state index contributed by atoms with van der Waals surface area (Å²) in [6.07, 6.45) is 0.424. The zero-order chi connectivity index (χ0) is 17.6. The molecule has 4 nitrogen and oxygen atoms in total. The third kappa shape index (κ3) is 4.98. The summed E-state index contributed by atoms with van der Waals surface area (Å²) < 4.78 is 5.95. The molecule has 0 aliphatic heterocycles.